The summed E-state index contributed by atoms with van der Waals surface area (Å²) in [5.74, 6) is 0. The maximum Gasteiger partial charge on any atom is 0.0212 e. The lowest BCUT2D eigenvalue weighted by molar-refractivity contribution is 0.337. The minimum atomic E-state index is 0.522. The van der Waals surface area contributed by atoms with Gasteiger partial charge in [-0.2, -0.15) is 0 Å². The molecular weight excluding hydrogens is 148 g/mol. The van der Waals surface area contributed by atoms with Crippen LogP contribution in [0.4, 0.5) is 0 Å². The molecule has 1 N–H and O–H groups in total. The Morgan fingerprint density at radius 2 is 2.25 bits per heavy atom. The van der Waals surface area contributed by atoms with Gasteiger partial charge in [0.15, 0.2) is 0 Å². The van der Waals surface area contributed by atoms with Crippen LogP contribution >= 0.6 is 0 Å². The van der Waals surface area contributed by atoms with E-state index in [0.717, 1.165) is 6.04 Å². The highest BCUT2D eigenvalue weighted by Gasteiger charge is 2.39. The molecule has 0 aromatic carbocycles. The van der Waals surface area contributed by atoms with Crippen molar-refractivity contribution in [2.75, 3.05) is 19.6 Å². The normalized spacial score (nSPS) is 34.0. The molecule has 0 bridgehead atoms. The van der Waals surface area contributed by atoms with Crippen LogP contribution in [0, 0.1) is 0 Å². The van der Waals surface area contributed by atoms with Crippen LogP contribution in [-0.4, -0.2) is 36.1 Å². The van der Waals surface area contributed by atoms with Crippen molar-refractivity contribution in [2.24, 2.45) is 0 Å². The van der Waals surface area contributed by atoms with E-state index in [1.807, 2.05) is 0 Å². The molecule has 2 nitrogen and oxygen atoms in total. The lowest BCUT2D eigenvalue weighted by atomic mass is 10.2. The fraction of sp³-hybridized carbons (Fsp3) is 1.00. The first-order valence-electron chi connectivity index (χ1n) is 5.22. The van der Waals surface area contributed by atoms with Crippen molar-refractivity contribution >= 4 is 0 Å². The Kier molecular flexibility index (Phi) is 2.13. The quantitative estimate of drug-likeness (QED) is 0.681. The number of likely N-dealkylation sites (tertiary alicyclic amines) is 1. The third-order valence-electron chi connectivity index (χ3n) is 3.27. The van der Waals surface area contributed by atoms with Crippen molar-refractivity contribution in [1.29, 1.82) is 0 Å². The molecule has 1 heterocycles. The van der Waals surface area contributed by atoms with Gasteiger partial charge in [-0.15, -0.1) is 0 Å². The Labute approximate surface area is 75.3 Å². The molecule has 1 aliphatic carbocycles. The fourth-order valence-corrected chi connectivity index (χ4v) is 2.06. The van der Waals surface area contributed by atoms with Gasteiger partial charge in [0.1, 0.15) is 0 Å². The van der Waals surface area contributed by atoms with Crippen molar-refractivity contribution in [3.05, 3.63) is 0 Å². The summed E-state index contributed by atoms with van der Waals surface area (Å²) in [4.78, 5) is 2.53. The fourth-order valence-electron chi connectivity index (χ4n) is 2.06. The zero-order valence-corrected chi connectivity index (χ0v) is 8.27. The predicted octanol–water partition coefficient (Wildman–Crippen LogP) is 1.22. The largest absolute Gasteiger partial charge is 0.307 e. The third-order valence-corrected chi connectivity index (χ3v) is 3.27. The molecule has 0 spiro atoms. The summed E-state index contributed by atoms with van der Waals surface area (Å²) >= 11 is 0. The summed E-state index contributed by atoms with van der Waals surface area (Å²) < 4.78 is 0. The van der Waals surface area contributed by atoms with Crippen molar-refractivity contribution in [1.82, 2.24) is 10.2 Å². The highest BCUT2D eigenvalue weighted by Crippen LogP contribution is 2.35. The molecule has 2 rings (SSSR count). The second-order valence-electron chi connectivity index (χ2n) is 4.58. The van der Waals surface area contributed by atoms with Crippen LogP contribution in [0.5, 0.6) is 0 Å². The van der Waals surface area contributed by atoms with Gasteiger partial charge in [0, 0.05) is 18.1 Å². The third kappa shape index (κ3) is 1.80. The first-order chi connectivity index (χ1) is 5.72. The van der Waals surface area contributed by atoms with Gasteiger partial charge < -0.3 is 10.2 Å². The highest BCUT2D eigenvalue weighted by atomic mass is 15.2. The molecule has 1 saturated heterocycles. The van der Waals surface area contributed by atoms with E-state index in [4.69, 9.17) is 0 Å². The molecule has 0 unspecified atom stereocenters. The first kappa shape index (κ1) is 8.52. The van der Waals surface area contributed by atoms with Gasteiger partial charge in [0.05, 0.1) is 0 Å². The molecule has 2 aliphatic rings. The summed E-state index contributed by atoms with van der Waals surface area (Å²) in [6, 6.07) is 0.775. The Morgan fingerprint density at radius 1 is 1.50 bits per heavy atom. The lowest BCUT2D eigenvalue weighted by Gasteiger charge is -2.18. The number of nitrogens with zero attached hydrogens (tertiary/aromatic N) is 1. The molecule has 0 aromatic heterocycles. The summed E-state index contributed by atoms with van der Waals surface area (Å²) in [7, 11) is 0. The van der Waals surface area contributed by atoms with Crippen LogP contribution in [-0.2, 0) is 0 Å². The minimum absolute atomic E-state index is 0.522. The maximum absolute atomic E-state index is 3.75. The second kappa shape index (κ2) is 3.00. The molecule has 1 atom stereocenters. The van der Waals surface area contributed by atoms with Crippen LogP contribution < -0.4 is 5.32 Å². The summed E-state index contributed by atoms with van der Waals surface area (Å²) in [6.45, 7) is 8.38. The number of nitrogens with one attached hydrogen (secondary N) is 1. The van der Waals surface area contributed by atoms with Crippen LogP contribution in [0.2, 0.25) is 0 Å². The van der Waals surface area contributed by atoms with E-state index in [1.165, 1.54) is 38.9 Å². The van der Waals surface area contributed by atoms with E-state index in [2.05, 4.69) is 24.1 Å². The molecule has 0 radical (unpaired) electrons. The maximum atomic E-state index is 3.75. The molecule has 0 amide bonds. The molecule has 70 valence electrons. The first-order valence-corrected chi connectivity index (χ1v) is 5.22. The van der Waals surface area contributed by atoms with E-state index < -0.39 is 0 Å². The van der Waals surface area contributed by atoms with Gasteiger partial charge in [0.2, 0.25) is 0 Å². The molecule has 1 saturated carbocycles. The minimum Gasteiger partial charge on any atom is -0.307 e. The predicted molar refractivity (Wildman–Crippen MR) is 51.3 cm³/mol. The van der Waals surface area contributed by atoms with E-state index >= 15 is 0 Å². The Hall–Kier alpha value is -0.0800. The van der Waals surface area contributed by atoms with Gasteiger partial charge in [0.25, 0.3) is 0 Å². The van der Waals surface area contributed by atoms with Gasteiger partial charge >= 0.3 is 0 Å². The van der Waals surface area contributed by atoms with Crippen LogP contribution in [0.1, 0.15) is 33.1 Å². The topological polar surface area (TPSA) is 15.3 Å². The SMILES string of the molecule is CCN1CC[C@H](NC2(C)CC2)C1. The lowest BCUT2D eigenvalue weighted by Crippen LogP contribution is -2.39. The van der Waals surface area contributed by atoms with E-state index in [0.29, 0.717) is 5.54 Å². The van der Waals surface area contributed by atoms with E-state index in [-0.39, 0.29) is 0 Å². The van der Waals surface area contributed by atoms with Crippen molar-refractivity contribution < 1.29 is 0 Å². The zero-order valence-electron chi connectivity index (χ0n) is 8.27. The molecule has 2 fully saturated rings. The van der Waals surface area contributed by atoms with Gasteiger partial charge in [-0.1, -0.05) is 6.92 Å². The number of hydrogen-bond donors (Lipinski definition) is 1. The molecule has 0 aromatic rings. The molecule has 1 aliphatic heterocycles. The van der Waals surface area contributed by atoms with Crippen molar-refractivity contribution in [2.45, 2.75) is 44.7 Å². The van der Waals surface area contributed by atoms with Gasteiger partial charge in [-0.3, -0.25) is 0 Å². The van der Waals surface area contributed by atoms with E-state index in [1.54, 1.807) is 0 Å². The van der Waals surface area contributed by atoms with Crippen LogP contribution in [0.3, 0.4) is 0 Å². The highest BCUT2D eigenvalue weighted by molar-refractivity contribution is 5.00. The Morgan fingerprint density at radius 3 is 2.75 bits per heavy atom. The number of hydrogen-bond acceptors (Lipinski definition) is 2. The second-order valence-corrected chi connectivity index (χ2v) is 4.58. The molecular formula is C10H20N2. The van der Waals surface area contributed by atoms with Crippen LogP contribution in [0.15, 0.2) is 0 Å². The average molecular weight is 168 g/mol. The van der Waals surface area contributed by atoms with Gasteiger partial charge in [-0.25, -0.2) is 0 Å². The number of likely N-dealkylation sites (N-methyl/N-ethyl adjacent to an activating group) is 1. The summed E-state index contributed by atoms with van der Waals surface area (Å²) in [5.41, 5.74) is 0.522. The molecule has 2 heteroatoms. The van der Waals surface area contributed by atoms with Crippen LogP contribution in [0.25, 0.3) is 0 Å². The Balaban J connectivity index is 1.76. The zero-order chi connectivity index (χ0) is 8.60. The smallest absolute Gasteiger partial charge is 0.0212 e. The van der Waals surface area contributed by atoms with E-state index in [9.17, 15) is 0 Å². The average Bonchev–Trinajstić information content (AvgIpc) is 2.63. The Bertz CT molecular complexity index is 163. The van der Waals surface area contributed by atoms with Gasteiger partial charge in [-0.05, 0) is 39.3 Å². The number of rotatable bonds is 3. The van der Waals surface area contributed by atoms with Crippen molar-refractivity contribution in [3.8, 4) is 0 Å². The summed E-state index contributed by atoms with van der Waals surface area (Å²) in [5, 5.41) is 3.75. The molecule has 12 heavy (non-hydrogen) atoms. The monoisotopic (exact) mass is 168 g/mol. The standard InChI is InChI=1S/C10H20N2/c1-3-12-7-4-9(8-12)11-10(2)5-6-10/h9,11H,3-8H2,1-2H3/t9-/m0/s1. The van der Waals surface area contributed by atoms with Crippen molar-refractivity contribution in [3.63, 3.8) is 0 Å². The summed E-state index contributed by atoms with van der Waals surface area (Å²) in [6.07, 6.45) is 4.12.